The van der Waals surface area contributed by atoms with Crippen LogP contribution >= 0.6 is 0 Å². The van der Waals surface area contributed by atoms with Gasteiger partial charge in [-0.25, -0.2) is 8.42 Å². The number of nitrogens with zero attached hydrogens (tertiary/aromatic N) is 1. The van der Waals surface area contributed by atoms with Gasteiger partial charge in [0.15, 0.2) is 15.6 Å². The van der Waals surface area contributed by atoms with Crippen LogP contribution in [-0.4, -0.2) is 42.3 Å². The summed E-state index contributed by atoms with van der Waals surface area (Å²) in [5.74, 6) is -0.783. The van der Waals surface area contributed by atoms with E-state index in [9.17, 15) is 23.3 Å². The van der Waals surface area contributed by atoms with Crippen LogP contribution in [0.25, 0.3) is 0 Å². The SMILES string of the molecule is CS(=O)(=O)[C@@H](CO)C(=O)c1ccc([N+](=O)[O-])cc1. The van der Waals surface area contributed by atoms with E-state index in [-0.39, 0.29) is 11.3 Å². The minimum atomic E-state index is -3.72. The van der Waals surface area contributed by atoms with Crippen LogP contribution in [0.15, 0.2) is 24.3 Å². The Bertz CT molecular complexity index is 563. The van der Waals surface area contributed by atoms with Gasteiger partial charge < -0.3 is 5.11 Å². The summed E-state index contributed by atoms with van der Waals surface area (Å²) in [7, 11) is -3.72. The summed E-state index contributed by atoms with van der Waals surface area (Å²) in [5.41, 5.74) is -0.198. The molecule has 1 aromatic rings. The van der Waals surface area contributed by atoms with Crippen molar-refractivity contribution < 1.29 is 23.2 Å². The van der Waals surface area contributed by atoms with E-state index in [1.165, 1.54) is 0 Å². The van der Waals surface area contributed by atoms with Gasteiger partial charge >= 0.3 is 0 Å². The van der Waals surface area contributed by atoms with Crippen LogP contribution in [0.2, 0.25) is 0 Å². The predicted octanol–water partition coefficient (Wildman–Crippen LogP) is 0.183. The van der Waals surface area contributed by atoms with E-state index in [2.05, 4.69) is 0 Å². The molecule has 1 atom stereocenters. The van der Waals surface area contributed by atoms with Gasteiger partial charge in [-0.2, -0.15) is 0 Å². The molecule has 0 aliphatic heterocycles. The molecule has 0 aromatic heterocycles. The van der Waals surface area contributed by atoms with E-state index in [0.717, 1.165) is 30.5 Å². The Kier molecular flexibility index (Phi) is 4.15. The molecule has 1 aromatic carbocycles. The van der Waals surface area contributed by atoms with Gasteiger partial charge in [-0.1, -0.05) is 0 Å². The highest BCUT2D eigenvalue weighted by atomic mass is 32.2. The largest absolute Gasteiger partial charge is 0.395 e. The van der Waals surface area contributed by atoms with Gasteiger partial charge in [0.1, 0.15) is 5.25 Å². The van der Waals surface area contributed by atoms with Crippen LogP contribution in [0, 0.1) is 10.1 Å². The van der Waals surface area contributed by atoms with Gasteiger partial charge in [-0.15, -0.1) is 0 Å². The minimum Gasteiger partial charge on any atom is -0.395 e. The summed E-state index contributed by atoms with van der Waals surface area (Å²) in [5, 5.41) is 17.8. The zero-order chi connectivity index (χ0) is 13.9. The van der Waals surface area contributed by atoms with Crippen molar-refractivity contribution in [3.8, 4) is 0 Å². The number of ketones is 1. The van der Waals surface area contributed by atoms with E-state index in [4.69, 9.17) is 5.11 Å². The third-order valence-electron chi connectivity index (χ3n) is 2.34. The van der Waals surface area contributed by atoms with E-state index in [1.54, 1.807) is 0 Å². The van der Waals surface area contributed by atoms with Crippen molar-refractivity contribution in [2.45, 2.75) is 5.25 Å². The summed E-state index contributed by atoms with van der Waals surface area (Å²) >= 11 is 0. The molecule has 0 bridgehead atoms. The van der Waals surface area contributed by atoms with Crippen molar-refractivity contribution in [2.75, 3.05) is 12.9 Å². The zero-order valence-electron chi connectivity index (χ0n) is 9.44. The van der Waals surface area contributed by atoms with Crippen LogP contribution in [0.4, 0.5) is 5.69 Å². The third-order valence-corrected chi connectivity index (χ3v) is 3.73. The molecule has 0 saturated carbocycles. The first-order chi connectivity index (χ1) is 8.27. The molecule has 0 radical (unpaired) electrons. The van der Waals surface area contributed by atoms with E-state index >= 15 is 0 Å². The van der Waals surface area contributed by atoms with Crippen molar-refractivity contribution in [2.24, 2.45) is 0 Å². The highest BCUT2D eigenvalue weighted by molar-refractivity contribution is 7.92. The van der Waals surface area contributed by atoms with Gasteiger partial charge in [-0.3, -0.25) is 14.9 Å². The topological polar surface area (TPSA) is 115 Å². The molecule has 0 spiro atoms. The van der Waals surface area contributed by atoms with E-state index in [0.29, 0.717) is 0 Å². The molecule has 0 heterocycles. The number of benzene rings is 1. The Morgan fingerprint density at radius 2 is 1.89 bits per heavy atom. The molecule has 1 N–H and O–H groups in total. The fraction of sp³-hybridized carbons (Fsp3) is 0.300. The van der Waals surface area contributed by atoms with E-state index in [1.807, 2.05) is 0 Å². The zero-order valence-corrected chi connectivity index (χ0v) is 10.3. The van der Waals surface area contributed by atoms with E-state index < -0.39 is 32.4 Å². The normalized spacial score (nSPS) is 13.0. The molecule has 0 fully saturated rings. The number of hydrogen-bond acceptors (Lipinski definition) is 6. The molecular formula is C10H11NO6S. The minimum absolute atomic E-state index is 0.00470. The third kappa shape index (κ3) is 3.11. The van der Waals surface area contributed by atoms with Crippen LogP contribution in [0.5, 0.6) is 0 Å². The van der Waals surface area contributed by atoms with Crippen molar-refractivity contribution in [1.82, 2.24) is 0 Å². The average Bonchev–Trinajstić information content (AvgIpc) is 2.28. The van der Waals surface area contributed by atoms with Crippen LogP contribution in [0.1, 0.15) is 10.4 Å². The summed E-state index contributed by atoms with van der Waals surface area (Å²) in [6.07, 6.45) is 0.844. The first-order valence-corrected chi connectivity index (χ1v) is 6.81. The molecule has 98 valence electrons. The highest BCUT2D eigenvalue weighted by Crippen LogP contribution is 2.15. The lowest BCUT2D eigenvalue weighted by atomic mass is 10.1. The second kappa shape index (κ2) is 5.23. The lowest BCUT2D eigenvalue weighted by molar-refractivity contribution is -0.384. The molecule has 0 saturated heterocycles. The predicted molar refractivity (Wildman–Crippen MR) is 63.1 cm³/mol. The number of non-ortho nitro benzene ring substituents is 1. The number of carbonyl (C=O) groups is 1. The van der Waals surface area contributed by atoms with Crippen LogP contribution < -0.4 is 0 Å². The fourth-order valence-corrected chi connectivity index (χ4v) is 2.14. The Balaban J connectivity index is 3.07. The number of aliphatic hydroxyl groups is 1. The lowest BCUT2D eigenvalue weighted by Crippen LogP contribution is -2.33. The van der Waals surface area contributed by atoms with Crippen molar-refractivity contribution >= 4 is 21.3 Å². The lowest BCUT2D eigenvalue weighted by Gasteiger charge is -2.10. The summed E-state index contributed by atoms with van der Waals surface area (Å²) in [6.45, 7) is -0.825. The first kappa shape index (κ1) is 14.3. The Hall–Kier alpha value is -1.80. The quantitative estimate of drug-likeness (QED) is 0.465. The highest BCUT2D eigenvalue weighted by Gasteiger charge is 2.29. The van der Waals surface area contributed by atoms with Gasteiger partial charge in [-0.05, 0) is 12.1 Å². The van der Waals surface area contributed by atoms with Crippen LogP contribution in [0.3, 0.4) is 0 Å². The number of Topliss-reactive ketones (excluding diaryl/α,β-unsaturated/α-hetero) is 1. The molecular weight excluding hydrogens is 262 g/mol. The van der Waals surface area contributed by atoms with Crippen LogP contribution in [-0.2, 0) is 9.84 Å². The standard InChI is InChI=1S/C10H11NO6S/c1-18(16,17)9(6-12)10(13)7-2-4-8(5-3-7)11(14)15/h2-5,9,12H,6H2,1H3/t9-/m0/s1. The maximum absolute atomic E-state index is 11.8. The van der Waals surface area contributed by atoms with Gasteiger partial charge in [0.25, 0.3) is 5.69 Å². The summed E-state index contributed by atoms with van der Waals surface area (Å²) in [4.78, 5) is 21.6. The molecule has 0 aliphatic rings. The van der Waals surface area contributed by atoms with Gasteiger partial charge in [0, 0.05) is 24.0 Å². The van der Waals surface area contributed by atoms with Gasteiger partial charge in [0.05, 0.1) is 11.5 Å². The molecule has 7 nitrogen and oxygen atoms in total. The molecule has 18 heavy (non-hydrogen) atoms. The number of rotatable bonds is 5. The monoisotopic (exact) mass is 273 g/mol. The van der Waals surface area contributed by atoms with Crippen molar-refractivity contribution in [1.29, 1.82) is 0 Å². The number of hydrogen-bond donors (Lipinski definition) is 1. The smallest absolute Gasteiger partial charge is 0.269 e. The van der Waals surface area contributed by atoms with Crippen molar-refractivity contribution in [3.05, 3.63) is 39.9 Å². The maximum atomic E-state index is 11.8. The summed E-state index contributed by atoms with van der Waals surface area (Å²) < 4.78 is 22.5. The molecule has 0 aliphatic carbocycles. The second-order valence-electron chi connectivity index (χ2n) is 3.67. The number of nitro groups is 1. The van der Waals surface area contributed by atoms with Gasteiger partial charge in [0.2, 0.25) is 0 Å². The maximum Gasteiger partial charge on any atom is 0.269 e. The molecule has 0 unspecified atom stereocenters. The molecule has 1 rings (SSSR count). The number of carbonyl (C=O) groups excluding carboxylic acids is 1. The average molecular weight is 273 g/mol. The Labute approximate surface area is 103 Å². The number of aliphatic hydroxyl groups excluding tert-OH is 1. The number of sulfone groups is 1. The number of nitro benzene ring substituents is 1. The molecule has 8 heteroatoms. The fourth-order valence-electron chi connectivity index (χ4n) is 1.35. The Morgan fingerprint density at radius 1 is 1.39 bits per heavy atom. The molecule has 0 amide bonds. The first-order valence-electron chi connectivity index (χ1n) is 4.85. The second-order valence-corrected chi connectivity index (χ2v) is 5.90. The summed E-state index contributed by atoms with van der Waals surface area (Å²) in [6, 6.07) is 4.52. The Morgan fingerprint density at radius 3 is 2.22 bits per heavy atom. The van der Waals surface area contributed by atoms with Crippen molar-refractivity contribution in [3.63, 3.8) is 0 Å².